The number of nitrogens with zero attached hydrogens (tertiary/aromatic N) is 3. The molecule has 0 unspecified atom stereocenters. The number of rotatable bonds is 9. The lowest BCUT2D eigenvalue weighted by Gasteiger charge is -2.16. The van der Waals surface area contributed by atoms with Crippen molar-refractivity contribution in [3.05, 3.63) is 84.7 Å². The molecule has 1 fully saturated rings. The Bertz CT molecular complexity index is 1220. The first-order chi connectivity index (χ1) is 16.8. The molecule has 2 heterocycles. The number of aromatic nitrogens is 3. The Hall–Kier alpha value is -3.29. The minimum atomic E-state index is 0.255. The maximum absolute atomic E-state index is 6.31. The van der Waals surface area contributed by atoms with Crippen LogP contribution in [0.4, 0.5) is 0 Å². The molecule has 1 aromatic heterocycles. The number of hydrogen-bond acceptors (Lipinski definition) is 6. The second kappa shape index (κ2) is 10.8. The quantitative estimate of drug-likeness (QED) is 0.287. The van der Waals surface area contributed by atoms with Crippen molar-refractivity contribution >= 4 is 11.8 Å². The molecule has 3 aromatic carbocycles. The second-order valence-electron chi connectivity index (χ2n) is 8.00. The molecule has 0 bridgehead atoms. The van der Waals surface area contributed by atoms with Gasteiger partial charge in [-0.05, 0) is 36.6 Å². The first kappa shape index (κ1) is 22.5. The normalized spacial score (nSPS) is 15.4. The molecule has 1 aliphatic rings. The summed E-state index contributed by atoms with van der Waals surface area (Å²) >= 11 is 1.65. The number of hydrogen-bond donors (Lipinski definition) is 0. The van der Waals surface area contributed by atoms with Crippen molar-refractivity contribution in [1.29, 1.82) is 0 Å². The van der Waals surface area contributed by atoms with Gasteiger partial charge < -0.3 is 14.2 Å². The number of thioether (sulfide) groups is 1. The lowest BCUT2D eigenvalue weighted by molar-refractivity contribution is 0.129. The molecule has 0 radical (unpaired) electrons. The predicted octanol–water partition coefficient (Wildman–Crippen LogP) is 5.79. The van der Waals surface area contributed by atoms with Crippen LogP contribution >= 0.6 is 11.8 Å². The molecule has 6 nitrogen and oxygen atoms in total. The zero-order valence-corrected chi connectivity index (χ0v) is 19.9. The number of methoxy groups -OCH3 is 1. The van der Waals surface area contributed by atoms with E-state index >= 15 is 0 Å². The molecule has 1 saturated heterocycles. The van der Waals surface area contributed by atoms with E-state index in [-0.39, 0.29) is 12.7 Å². The molecule has 5 rings (SSSR count). The van der Waals surface area contributed by atoms with Gasteiger partial charge in [-0.15, -0.1) is 10.2 Å². The van der Waals surface area contributed by atoms with Gasteiger partial charge in [-0.2, -0.15) is 0 Å². The summed E-state index contributed by atoms with van der Waals surface area (Å²) in [4.78, 5) is 0. The average Bonchev–Trinajstić information content (AvgIpc) is 3.56. The van der Waals surface area contributed by atoms with E-state index in [0.717, 1.165) is 58.7 Å². The Kier molecular flexibility index (Phi) is 7.12. The van der Waals surface area contributed by atoms with Crippen molar-refractivity contribution < 1.29 is 14.2 Å². The Labute approximate surface area is 203 Å². The molecular weight excluding hydrogens is 446 g/mol. The first-order valence-corrected chi connectivity index (χ1v) is 12.4. The van der Waals surface area contributed by atoms with Gasteiger partial charge in [0.1, 0.15) is 18.1 Å². The smallest absolute Gasteiger partial charge is 0.196 e. The maximum Gasteiger partial charge on any atom is 0.196 e. The average molecular weight is 474 g/mol. The molecule has 4 aromatic rings. The SMILES string of the molecule is COc1ccccc1-n1c(COc2ccccc2-c2ccccc2)nnc1SC[C@H]1CCCO1. The third kappa shape index (κ3) is 4.95. The van der Waals surface area contributed by atoms with Gasteiger partial charge in [0.05, 0.1) is 18.9 Å². The standard InChI is InChI=1S/C27H27N3O3S/c1-31-25-16-8-6-14-23(25)30-26(28-29-27(30)34-19-21-12-9-17-32-21)18-33-24-15-7-5-13-22(24)20-10-3-2-4-11-20/h2-8,10-11,13-16,21H,9,12,17-19H2,1H3/t21-/m1/s1. The summed E-state index contributed by atoms with van der Waals surface area (Å²) in [5.74, 6) is 3.11. The van der Waals surface area contributed by atoms with E-state index in [1.54, 1.807) is 18.9 Å². The highest BCUT2D eigenvalue weighted by Crippen LogP contribution is 2.33. The Balaban J connectivity index is 1.44. The Morgan fingerprint density at radius 3 is 2.50 bits per heavy atom. The first-order valence-electron chi connectivity index (χ1n) is 11.4. The van der Waals surface area contributed by atoms with Gasteiger partial charge in [-0.25, -0.2) is 0 Å². The van der Waals surface area contributed by atoms with Crippen LogP contribution in [0.2, 0.25) is 0 Å². The number of ether oxygens (including phenoxy) is 3. The predicted molar refractivity (Wildman–Crippen MR) is 134 cm³/mol. The zero-order chi connectivity index (χ0) is 23.2. The van der Waals surface area contributed by atoms with Crippen LogP contribution in [0.1, 0.15) is 18.7 Å². The summed E-state index contributed by atoms with van der Waals surface area (Å²) in [7, 11) is 1.68. The van der Waals surface area contributed by atoms with Gasteiger partial charge in [-0.1, -0.05) is 72.4 Å². The van der Waals surface area contributed by atoms with E-state index in [4.69, 9.17) is 14.2 Å². The molecule has 0 spiro atoms. The van der Waals surface area contributed by atoms with Gasteiger partial charge in [0.2, 0.25) is 0 Å². The van der Waals surface area contributed by atoms with Crippen LogP contribution in [0, 0.1) is 0 Å². The molecule has 7 heteroatoms. The van der Waals surface area contributed by atoms with Crippen molar-refractivity contribution in [2.45, 2.75) is 30.7 Å². The molecule has 34 heavy (non-hydrogen) atoms. The van der Waals surface area contributed by atoms with Crippen molar-refractivity contribution in [3.63, 3.8) is 0 Å². The molecule has 0 saturated carbocycles. The molecular formula is C27H27N3O3S. The zero-order valence-electron chi connectivity index (χ0n) is 19.1. The highest BCUT2D eigenvalue weighted by molar-refractivity contribution is 7.99. The lowest BCUT2D eigenvalue weighted by atomic mass is 10.1. The summed E-state index contributed by atoms with van der Waals surface area (Å²) in [6.45, 7) is 1.11. The van der Waals surface area contributed by atoms with Crippen molar-refractivity contribution in [3.8, 4) is 28.3 Å². The summed E-state index contributed by atoms with van der Waals surface area (Å²) in [5, 5.41) is 9.81. The van der Waals surface area contributed by atoms with Gasteiger partial charge in [0.15, 0.2) is 11.0 Å². The third-order valence-electron chi connectivity index (χ3n) is 5.78. The van der Waals surface area contributed by atoms with E-state index < -0.39 is 0 Å². The van der Waals surface area contributed by atoms with E-state index in [1.807, 2.05) is 65.2 Å². The van der Waals surface area contributed by atoms with Crippen LogP contribution in [-0.2, 0) is 11.3 Å². The molecule has 0 aliphatic carbocycles. The van der Waals surface area contributed by atoms with Crippen molar-refractivity contribution in [2.75, 3.05) is 19.5 Å². The maximum atomic E-state index is 6.31. The Morgan fingerprint density at radius 1 is 0.941 bits per heavy atom. The number of benzene rings is 3. The molecule has 0 amide bonds. The van der Waals surface area contributed by atoms with Crippen molar-refractivity contribution in [2.24, 2.45) is 0 Å². The van der Waals surface area contributed by atoms with E-state index in [2.05, 4.69) is 28.4 Å². The fraction of sp³-hybridized carbons (Fsp3) is 0.259. The van der Waals surface area contributed by atoms with Crippen LogP contribution < -0.4 is 9.47 Å². The number of para-hydroxylation sites is 3. The van der Waals surface area contributed by atoms with E-state index in [1.165, 1.54) is 0 Å². The van der Waals surface area contributed by atoms with Crippen LogP contribution in [0.5, 0.6) is 11.5 Å². The topological polar surface area (TPSA) is 58.4 Å². The highest BCUT2D eigenvalue weighted by Gasteiger charge is 2.21. The second-order valence-corrected chi connectivity index (χ2v) is 8.99. The monoisotopic (exact) mass is 473 g/mol. The lowest BCUT2D eigenvalue weighted by Crippen LogP contribution is -2.11. The summed E-state index contributed by atoms with van der Waals surface area (Å²) in [6, 6.07) is 26.2. The Morgan fingerprint density at radius 2 is 1.71 bits per heavy atom. The van der Waals surface area contributed by atoms with Crippen LogP contribution in [-0.4, -0.2) is 40.3 Å². The van der Waals surface area contributed by atoms with E-state index in [9.17, 15) is 0 Å². The molecule has 1 atom stereocenters. The van der Waals surface area contributed by atoms with Gasteiger partial charge in [0.25, 0.3) is 0 Å². The third-order valence-corrected chi connectivity index (χ3v) is 6.84. The minimum absolute atomic E-state index is 0.255. The van der Waals surface area contributed by atoms with Crippen molar-refractivity contribution in [1.82, 2.24) is 14.8 Å². The van der Waals surface area contributed by atoms with Gasteiger partial charge in [0, 0.05) is 17.9 Å². The highest BCUT2D eigenvalue weighted by atomic mass is 32.2. The molecule has 1 aliphatic heterocycles. The fourth-order valence-electron chi connectivity index (χ4n) is 4.08. The molecule has 174 valence electrons. The van der Waals surface area contributed by atoms with Crippen LogP contribution in [0.15, 0.2) is 84.0 Å². The molecule has 0 N–H and O–H groups in total. The van der Waals surface area contributed by atoms with Crippen LogP contribution in [0.25, 0.3) is 16.8 Å². The summed E-state index contributed by atoms with van der Waals surface area (Å²) in [6.07, 6.45) is 2.46. The van der Waals surface area contributed by atoms with Crippen LogP contribution in [0.3, 0.4) is 0 Å². The van der Waals surface area contributed by atoms with Gasteiger partial charge >= 0.3 is 0 Å². The summed E-state index contributed by atoms with van der Waals surface area (Å²) in [5.41, 5.74) is 3.04. The van der Waals surface area contributed by atoms with E-state index in [0.29, 0.717) is 5.82 Å². The summed E-state index contributed by atoms with van der Waals surface area (Å²) < 4.78 is 19.8. The fourth-order valence-corrected chi connectivity index (χ4v) is 5.11. The van der Waals surface area contributed by atoms with Gasteiger partial charge in [-0.3, -0.25) is 4.57 Å². The largest absolute Gasteiger partial charge is 0.495 e. The minimum Gasteiger partial charge on any atom is -0.495 e.